The van der Waals surface area contributed by atoms with E-state index in [1.54, 1.807) is 31.2 Å². The zero-order chi connectivity index (χ0) is 22.6. The summed E-state index contributed by atoms with van der Waals surface area (Å²) in [4.78, 5) is 56.2. The molecule has 3 rings (SSSR count). The van der Waals surface area contributed by atoms with Crippen LogP contribution in [0.15, 0.2) is 40.3 Å². The molecule has 0 spiro atoms. The van der Waals surface area contributed by atoms with Crippen LogP contribution in [0.5, 0.6) is 5.75 Å². The molecule has 2 heterocycles. The smallest absolute Gasteiger partial charge is 0.344 e. The molecule has 2 aromatic rings. The van der Waals surface area contributed by atoms with Gasteiger partial charge in [-0.05, 0) is 31.0 Å². The number of H-pyrrole nitrogens is 1. The van der Waals surface area contributed by atoms with Crippen molar-refractivity contribution in [3.63, 3.8) is 0 Å². The van der Waals surface area contributed by atoms with E-state index in [9.17, 15) is 19.2 Å². The van der Waals surface area contributed by atoms with Crippen LogP contribution in [0.25, 0.3) is 0 Å². The van der Waals surface area contributed by atoms with E-state index in [4.69, 9.17) is 4.74 Å². The molecular weight excluding hydrogens is 422 g/mol. The van der Waals surface area contributed by atoms with Gasteiger partial charge in [0.15, 0.2) is 5.16 Å². The van der Waals surface area contributed by atoms with Crippen LogP contribution >= 0.6 is 11.8 Å². The van der Waals surface area contributed by atoms with E-state index in [0.29, 0.717) is 33.6 Å². The van der Waals surface area contributed by atoms with Crippen molar-refractivity contribution in [1.82, 2.24) is 25.7 Å². The number of carbonyl (C=O) groups is 3. The van der Waals surface area contributed by atoms with Crippen molar-refractivity contribution in [2.45, 2.75) is 37.4 Å². The molecule has 1 aromatic carbocycles. The Kier molecular flexibility index (Phi) is 6.64. The molecule has 31 heavy (non-hydrogen) atoms. The number of carbonyl (C=O) groups excluding carboxylic acids is 3. The number of hydrazine groups is 1. The fourth-order valence-corrected chi connectivity index (χ4v) is 3.77. The Balaban J connectivity index is 1.65. The van der Waals surface area contributed by atoms with Crippen LogP contribution in [0.3, 0.4) is 0 Å². The van der Waals surface area contributed by atoms with Gasteiger partial charge in [0.2, 0.25) is 5.91 Å². The first-order valence-corrected chi connectivity index (χ1v) is 10.6. The third kappa shape index (κ3) is 4.88. The number of hydrogen-bond acceptors (Lipinski definition) is 7. The standard InChI is InChI=1S/C20H23N5O5S/c1-4-5-13-10-15(26)22-18(21-13)31-11-16(27)24-25-17(28)20(2,23-19(25)29)12-6-8-14(30-3)9-7-12/h6-10H,4-5,11H2,1-3H3,(H,23,29)(H,24,27)(H,21,22,26)/t20-/m1/s1. The van der Waals surface area contributed by atoms with Crippen molar-refractivity contribution in [3.05, 3.63) is 51.9 Å². The predicted molar refractivity (Wildman–Crippen MR) is 113 cm³/mol. The number of aromatic nitrogens is 2. The maximum absolute atomic E-state index is 12.9. The van der Waals surface area contributed by atoms with Gasteiger partial charge in [-0.25, -0.2) is 9.78 Å². The fraction of sp³-hybridized carbons (Fsp3) is 0.350. The van der Waals surface area contributed by atoms with Crippen LogP contribution < -0.4 is 21.0 Å². The number of imide groups is 1. The molecule has 0 bridgehead atoms. The highest BCUT2D eigenvalue weighted by molar-refractivity contribution is 7.99. The van der Waals surface area contributed by atoms with Crippen molar-refractivity contribution in [2.75, 3.05) is 12.9 Å². The van der Waals surface area contributed by atoms with Crippen LogP contribution in [0.2, 0.25) is 0 Å². The minimum atomic E-state index is -1.33. The van der Waals surface area contributed by atoms with Gasteiger partial charge in [0.25, 0.3) is 11.5 Å². The van der Waals surface area contributed by atoms with Crippen LogP contribution in [-0.2, 0) is 21.5 Å². The summed E-state index contributed by atoms with van der Waals surface area (Å²) in [5, 5.41) is 3.57. The van der Waals surface area contributed by atoms with Gasteiger partial charge in [-0.2, -0.15) is 5.01 Å². The summed E-state index contributed by atoms with van der Waals surface area (Å²) >= 11 is 1.01. The number of amides is 4. The Hall–Kier alpha value is -3.34. The number of ether oxygens (including phenoxy) is 1. The lowest BCUT2D eigenvalue weighted by Gasteiger charge is -2.22. The highest BCUT2D eigenvalue weighted by Gasteiger charge is 2.50. The first-order valence-electron chi connectivity index (χ1n) is 9.60. The summed E-state index contributed by atoms with van der Waals surface area (Å²) in [5.41, 5.74) is 1.88. The van der Waals surface area contributed by atoms with E-state index in [0.717, 1.165) is 18.2 Å². The molecule has 1 aromatic heterocycles. The maximum atomic E-state index is 12.9. The Bertz CT molecular complexity index is 1050. The van der Waals surface area contributed by atoms with Crippen molar-refractivity contribution in [2.24, 2.45) is 0 Å². The van der Waals surface area contributed by atoms with E-state index >= 15 is 0 Å². The molecule has 3 N–H and O–H groups in total. The molecule has 0 unspecified atom stereocenters. The summed E-state index contributed by atoms with van der Waals surface area (Å²) in [6.07, 6.45) is 1.48. The second kappa shape index (κ2) is 9.21. The minimum Gasteiger partial charge on any atom is -0.497 e. The summed E-state index contributed by atoms with van der Waals surface area (Å²) in [5.74, 6) is -0.732. The van der Waals surface area contributed by atoms with Gasteiger partial charge in [0, 0.05) is 11.8 Å². The number of thioether (sulfide) groups is 1. The fourth-order valence-electron chi connectivity index (χ4n) is 3.09. The lowest BCUT2D eigenvalue weighted by atomic mass is 9.92. The van der Waals surface area contributed by atoms with Crippen molar-refractivity contribution in [3.8, 4) is 5.75 Å². The van der Waals surface area contributed by atoms with Crippen molar-refractivity contribution < 1.29 is 19.1 Å². The van der Waals surface area contributed by atoms with Gasteiger partial charge in [-0.15, -0.1) is 0 Å². The average Bonchev–Trinajstić information content (AvgIpc) is 2.96. The summed E-state index contributed by atoms with van der Waals surface area (Å²) < 4.78 is 5.11. The van der Waals surface area contributed by atoms with Crippen LogP contribution in [-0.4, -0.2) is 45.7 Å². The van der Waals surface area contributed by atoms with Gasteiger partial charge in [0.05, 0.1) is 12.9 Å². The Morgan fingerprint density at radius 2 is 1.97 bits per heavy atom. The molecule has 1 aliphatic heterocycles. The minimum absolute atomic E-state index is 0.144. The molecule has 0 radical (unpaired) electrons. The molecule has 4 amide bonds. The second-order valence-electron chi connectivity index (χ2n) is 7.04. The number of rotatable bonds is 8. The zero-order valence-electron chi connectivity index (χ0n) is 17.4. The molecule has 0 saturated carbocycles. The number of methoxy groups -OCH3 is 1. The highest BCUT2D eigenvalue weighted by atomic mass is 32.2. The topological polar surface area (TPSA) is 133 Å². The lowest BCUT2D eigenvalue weighted by Crippen LogP contribution is -2.48. The quantitative estimate of drug-likeness (QED) is 0.317. The molecule has 164 valence electrons. The number of aryl methyl sites for hydroxylation is 1. The molecule has 11 heteroatoms. The molecule has 10 nitrogen and oxygen atoms in total. The predicted octanol–water partition coefficient (Wildman–Crippen LogP) is 1.32. The van der Waals surface area contributed by atoms with Crippen LogP contribution in [0, 0.1) is 0 Å². The van der Waals surface area contributed by atoms with Gasteiger partial charge < -0.3 is 15.0 Å². The monoisotopic (exact) mass is 445 g/mol. The van der Waals surface area contributed by atoms with Crippen molar-refractivity contribution in [1.29, 1.82) is 0 Å². The highest BCUT2D eigenvalue weighted by Crippen LogP contribution is 2.29. The van der Waals surface area contributed by atoms with Gasteiger partial charge in [0.1, 0.15) is 11.3 Å². The summed E-state index contributed by atoms with van der Waals surface area (Å²) in [6, 6.07) is 7.38. The summed E-state index contributed by atoms with van der Waals surface area (Å²) in [7, 11) is 1.53. The van der Waals surface area contributed by atoms with Gasteiger partial charge >= 0.3 is 6.03 Å². The van der Waals surface area contributed by atoms with Gasteiger partial charge in [-0.3, -0.25) is 19.8 Å². The van der Waals surface area contributed by atoms with E-state index in [2.05, 4.69) is 20.7 Å². The average molecular weight is 446 g/mol. The third-order valence-electron chi connectivity index (χ3n) is 4.71. The van der Waals surface area contributed by atoms with E-state index in [1.165, 1.54) is 13.2 Å². The molecule has 1 fully saturated rings. The summed E-state index contributed by atoms with van der Waals surface area (Å²) in [6.45, 7) is 3.53. The van der Waals surface area contributed by atoms with E-state index in [-0.39, 0.29) is 11.3 Å². The number of nitrogens with zero attached hydrogens (tertiary/aromatic N) is 2. The SMILES string of the molecule is CCCc1cc(=O)[nH]c(SCC(=O)NN2C(=O)N[C@](C)(c3ccc(OC)cc3)C2=O)n1. The number of urea groups is 1. The third-order valence-corrected chi connectivity index (χ3v) is 5.59. The van der Waals surface area contributed by atoms with Crippen molar-refractivity contribution >= 4 is 29.6 Å². The molecule has 1 atom stereocenters. The molecule has 0 aliphatic carbocycles. The normalized spacial score (nSPS) is 18.1. The Morgan fingerprint density at radius 3 is 2.61 bits per heavy atom. The molecular formula is C20H23N5O5S. The van der Waals surface area contributed by atoms with Crippen LogP contribution in [0.1, 0.15) is 31.5 Å². The van der Waals surface area contributed by atoms with E-state index in [1.807, 2.05) is 6.92 Å². The van der Waals surface area contributed by atoms with E-state index < -0.39 is 23.4 Å². The second-order valence-corrected chi connectivity index (χ2v) is 8.00. The first-order chi connectivity index (χ1) is 14.8. The molecule has 1 aliphatic rings. The lowest BCUT2D eigenvalue weighted by molar-refractivity contribution is -0.138. The number of aromatic amines is 1. The number of benzene rings is 1. The first kappa shape index (κ1) is 22.3. The Morgan fingerprint density at radius 1 is 1.26 bits per heavy atom. The molecule has 1 saturated heterocycles. The maximum Gasteiger partial charge on any atom is 0.344 e. The largest absolute Gasteiger partial charge is 0.497 e. The Labute approximate surface area is 182 Å². The number of nitrogens with one attached hydrogen (secondary N) is 3. The van der Waals surface area contributed by atoms with Gasteiger partial charge in [-0.1, -0.05) is 37.2 Å². The number of hydrogen-bond donors (Lipinski definition) is 3. The zero-order valence-corrected chi connectivity index (χ0v) is 18.2. The van der Waals surface area contributed by atoms with Crippen LogP contribution in [0.4, 0.5) is 4.79 Å².